The van der Waals surface area contributed by atoms with Crippen LogP contribution in [0, 0.1) is 22.7 Å². The standard InChI is InChI=1S/C22H29NO/c1-20-8-17-9-21(13-20,18-5-3-2-4-6-18)15-22(10-17,14-20)19(24)7-16-11-23-12-16/h2-6,16-17,23H,7-15H2,1H3. The summed E-state index contributed by atoms with van der Waals surface area (Å²) in [6.45, 7) is 4.57. The van der Waals surface area contributed by atoms with E-state index in [1.165, 1.54) is 31.2 Å². The molecule has 1 saturated heterocycles. The molecule has 0 amide bonds. The Bertz CT molecular complexity index is 666. The number of hydrogen-bond acceptors (Lipinski definition) is 2. The Kier molecular flexibility index (Phi) is 3.11. The molecule has 128 valence electrons. The fourth-order valence-corrected chi connectivity index (χ4v) is 7.32. The van der Waals surface area contributed by atoms with Crippen molar-refractivity contribution >= 4 is 5.78 Å². The van der Waals surface area contributed by atoms with Crippen LogP contribution in [0.2, 0.25) is 0 Å². The van der Waals surface area contributed by atoms with Gasteiger partial charge in [0, 0.05) is 11.8 Å². The molecule has 0 radical (unpaired) electrons. The Hall–Kier alpha value is -1.15. The van der Waals surface area contributed by atoms with Crippen molar-refractivity contribution in [2.75, 3.05) is 13.1 Å². The summed E-state index contributed by atoms with van der Waals surface area (Å²) in [5.41, 5.74) is 2.13. The summed E-state index contributed by atoms with van der Waals surface area (Å²) < 4.78 is 0. The summed E-state index contributed by atoms with van der Waals surface area (Å²) in [4.78, 5) is 13.4. The Morgan fingerprint density at radius 1 is 1.08 bits per heavy atom. The third-order valence-electron chi connectivity index (χ3n) is 7.67. The molecule has 1 aromatic rings. The zero-order valence-corrected chi connectivity index (χ0v) is 14.8. The first kappa shape index (κ1) is 15.1. The maximum Gasteiger partial charge on any atom is 0.139 e. The molecule has 4 saturated carbocycles. The molecular weight excluding hydrogens is 294 g/mol. The van der Waals surface area contributed by atoms with E-state index in [4.69, 9.17) is 0 Å². The number of carbonyl (C=O) groups excluding carboxylic acids is 1. The van der Waals surface area contributed by atoms with E-state index >= 15 is 0 Å². The number of hydrogen-bond donors (Lipinski definition) is 1. The van der Waals surface area contributed by atoms with Crippen LogP contribution >= 0.6 is 0 Å². The predicted molar refractivity (Wildman–Crippen MR) is 95.8 cm³/mol. The Balaban J connectivity index is 1.52. The molecule has 1 aliphatic heterocycles. The second kappa shape index (κ2) is 4.94. The molecule has 24 heavy (non-hydrogen) atoms. The molecule has 0 spiro atoms. The van der Waals surface area contributed by atoms with Gasteiger partial charge in [-0.15, -0.1) is 0 Å². The number of nitrogens with one attached hydrogen (secondary N) is 1. The normalized spacial score (nSPS) is 43.6. The van der Waals surface area contributed by atoms with Gasteiger partial charge in [-0.1, -0.05) is 37.3 Å². The summed E-state index contributed by atoms with van der Waals surface area (Å²) in [5, 5.41) is 3.33. The molecular formula is C22H29NO. The molecule has 2 nitrogen and oxygen atoms in total. The fourth-order valence-electron chi connectivity index (χ4n) is 7.32. The van der Waals surface area contributed by atoms with Gasteiger partial charge in [-0.2, -0.15) is 0 Å². The van der Waals surface area contributed by atoms with Crippen LogP contribution in [0.25, 0.3) is 0 Å². The van der Waals surface area contributed by atoms with E-state index in [-0.39, 0.29) is 10.8 Å². The first-order chi connectivity index (χ1) is 11.5. The minimum Gasteiger partial charge on any atom is -0.316 e. The van der Waals surface area contributed by atoms with Crippen molar-refractivity contribution in [3.63, 3.8) is 0 Å². The average molecular weight is 323 g/mol. The van der Waals surface area contributed by atoms with Crippen LogP contribution in [-0.4, -0.2) is 18.9 Å². The highest BCUT2D eigenvalue weighted by Crippen LogP contribution is 2.70. The quantitative estimate of drug-likeness (QED) is 0.904. The van der Waals surface area contributed by atoms with Gasteiger partial charge in [0.1, 0.15) is 5.78 Å². The van der Waals surface area contributed by atoms with Crippen LogP contribution in [0.15, 0.2) is 30.3 Å². The van der Waals surface area contributed by atoms with Crippen molar-refractivity contribution in [3.05, 3.63) is 35.9 Å². The SMILES string of the molecule is CC12CC3CC(C(=O)CC4CNC4)(C1)CC(c1ccccc1)(C3)C2. The highest BCUT2D eigenvalue weighted by atomic mass is 16.1. The van der Waals surface area contributed by atoms with Gasteiger partial charge >= 0.3 is 0 Å². The van der Waals surface area contributed by atoms with Gasteiger partial charge in [0.2, 0.25) is 0 Å². The highest BCUT2D eigenvalue weighted by molar-refractivity contribution is 5.86. The summed E-state index contributed by atoms with van der Waals surface area (Å²) >= 11 is 0. The van der Waals surface area contributed by atoms with Crippen molar-refractivity contribution in [3.8, 4) is 0 Å². The number of Topliss-reactive ketones (excluding diaryl/α,β-unsaturated/α-hetero) is 1. The van der Waals surface area contributed by atoms with Crippen molar-refractivity contribution in [1.82, 2.24) is 5.32 Å². The lowest BCUT2D eigenvalue weighted by atomic mass is 9.38. The fraction of sp³-hybridized carbons (Fsp3) is 0.682. The lowest BCUT2D eigenvalue weighted by Gasteiger charge is -2.66. The van der Waals surface area contributed by atoms with Crippen molar-refractivity contribution in [1.29, 1.82) is 0 Å². The third-order valence-corrected chi connectivity index (χ3v) is 7.67. The summed E-state index contributed by atoms with van der Waals surface area (Å²) in [6, 6.07) is 11.1. The summed E-state index contributed by atoms with van der Waals surface area (Å²) in [7, 11) is 0. The van der Waals surface area contributed by atoms with Crippen LogP contribution in [0.3, 0.4) is 0 Å². The Labute approximate surface area is 145 Å². The highest BCUT2D eigenvalue weighted by Gasteiger charge is 2.64. The van der Waals surface area contributed by atoms with Gasteiger partial charge in [0.05, 0.1) is 0 Å². The molecule has 5 fully saturated rings. The van der Waals surface area contributed by atoms with E-state index < -0.39 is 0 Å². The monoisotopic (exact) mass is 323 g/mol. The first-order valence-corrected chi connectivity index (χ1v) is 9.81. The molecule has 2 heteroatoms. The topological polar surface area (TPSA) is 29.1 Å². The van der Waals surface area contributed by atoms with E-state index in [9.17, 15) is 4.79 Å². The second-order valence-electron chi connectivity index (χ2n) is 9.90. The number of rotatable bonds is 4. The van der Waals surface area contributed by atoms with Crippen LogP contribution < -0.4 is 5.32 Å². The first-order valence-electron chi connectivity index (χ1n) is 9.81. The van der Waals surface area contributed by atoms with E-state index in [1.807, 2.05) is 0 Å². The Morgan fingerprint density at radius 2 is 1.88 bits per heavy atom. The van der Waals surface area contributed by atoms with Gasteiger partial charge in [-0.05, 0) is 79.8 Å². The summed E-state index contributed by atoms with van der Waals surface area (Å²) in [6.07, 6.45) is 8.23. The lowest BCUT2D eigenvalue weighted by Crippen LogP contribution is -2.60. The van der Waals surface area contributed by atoms with E-state index in [1.54, 1.807) is 0 Å². The molecule has 6 rings (SSSR count). The van der Waals surface area contributed by atoms with Crippen LogP contribution in [-0.2, 0) is 10.2 Å². The van der Waals surface area contributed by atoms with Crippen LogP contribution in [0.1, 0.15) is 57.4 Å². The number of benzene rings is 1. The van der Waals surface area contributed by atoms with Crippen molar-refractivity contribution in [2.45, 2.75) is 57.3 Å². The van der Waals surface area contributed by atoms with Crippen molar-refractivity contribution in [2.24, 2.45) is 22.7 Å². The zero-order valence-electron chi connectivity index (χ0n) is 14.8. The number of ketones is 1. The molecule has 1 heterocycles. The average Bonchev–Trinajstić information content (AvgIpc) is 2.49. The molecule has 5 aliphatic rings. The minimum atomic E-state index is -0.0143. The minimum absolute atomic E-state index is 0.0143. The molecule has 1 aromatic carbocycles. The van der Waals surface area contributed by atoms with E-state index in [2.05, 4.69) is 42.6 Å². The van der Waals surface area contributed by atoms with E-state index in [0.29, 0.717) is 17.1 Å². The van der Waals surface area contributed by atoms with Gasteiger partial charge in [0.25, 0.3) is 0 Å². The Morgan fingerprint density at radius 3 is 2.54 bits per heavy atom. The maximum absolute atomic E-state index is 13.4. The van der Waals surface area contributed by atoms with Crippen molar-refractivity contribution < 1.29 is 4.79 Å². The molecule has 4 unspecified atom stereocenters. The lowest BCUT2D eigenvalue weighted by molar-refractivity contribution is -0.159. The zero-order chi connectivity index (χ0) is 16.4. The molecule has 4 bridgehead atoms. The maximum atomic E-state index is 13.4. The molecule has 1 N–H and O–H groups in total. The predicted octanol–water partition coefficient (Wildman–Crippen LogP) is 4.09. The third kappa shape index (κ3) is 2.15. The van der Waals surface area contributed by atoms with Gasteiger partial charge in [0.15, 0.2) is 0 Å². The smallest absolute Gasteiger partial charge is 0.139 e. The van der Waals surface area contributed by atoms with Gasteiger partial charge in [-0.25, -0.2) is 0 Å². The molecule has 4 aliphatic carbocycles. The van der Waals surface area contributed by atoms with Gasteiger partial charge < -0.3 is 5.32 Å². The molecule has 0 aromatic heterocycles. The van der Waals surface area contributed by atoms with Crippen LogP contribution in [0.5, 0.6) is 0 Å². The second-order valence-corrected chi connectivity index (χ2v) is 9.90. The molecule has 4 atom stereocenters. The largest absolute Gasteiger partial charge is 0.316 e. The number of carbonyl (C=O) groups is 1. The van der Waals surface area contributed by atoms with Gasteiger partial charge in [-0.3, -0.25) is 4.79 Å². The summed E-state index contributed by atoms with van der Waals surface area (Å²) in [5.74, 6) is 1.96. The van der Waals surface area contributed by atoms with Crippen LogP contribution in [0.4, 0.5) is 0 Å². The van der Waals surface area contributed by atoms with E-state index in [0.717, 1.165) is 38.3 Å².